The lowest BCUT2D eigenvalue weighted by atomic mass is 9.91. The third kappa shape index (κ3) is 4.21. The number of nitrogens with two attached hydrogens (primary N) is 1. The van der Waals surface area contributed by atoms with E-state index in [1.165, 1.54) is 6.20 Å². The summed E-state index contributed by atoms with van der Waals surface area (Å²) in [6, 6.07) is 0. The van der Waals surface area contributed by atoms with E-state index in [0.717, 1.165) is 12.8 Å². The average Bonchev–Trinajstić information content (AvgIpc) is 2.70. The lowest BCUT2D eigenvalue weighted by Crippen LogP contribution is -2.33. The summed E-state index contributed by atoms with van der Waals surface area (Å²) in [6.45, 7) is 9.08. The summed E-state index contributed by atoms with van der Waals surface area (Å²) in [6.07, 6.45) is 3.25. The van der Waals surface area contributed by atoms with Crippen LogP contribution in [0.25, 0.3) is 0 Å². The van der Waals surface area contributed by atoms with Crippen molar-refractivity contribution in [3.05, 3.63) is 6.20 Å². The van der Waals surface area contributed by atoms with Crippen molar-refractivity contribution in [2.45, 2.75) is 52.0 Å². The smallest absolute Gasteiger partial charge is 0.245 e. The van der Waals surface area contributed by atoms with Gasteiger partial charge in [-0.3, -0.25) is 4.68 Å². The Morgan fingerprint density at radius 1 is 1.42 bits per heavy atom. The van der Waals surface area contributed by atoms with Crippen LogP contribution in [0.4, 0.5) is 5.82 Å². The molecule has 0 atom stereocenters. The molecule has 0 amide bonds. The van der Waals surface area contributed by atoms with Gasteiger partial charge in [-0.15, -0.1) is 0 Å². The van der Waals surface area contributed by atoms with Crippen LogP contribution in [0.3, 0.4) is 0 Å². The Morgan fingerprint density at radius 3 is 2.58 bits per heavy atom. The van der Waals surface area contributed by atoms with Crippen molar-refractivity contribution in [2.24, 2.45) is 5.41 Å². The van der Waals surface area contributed by atoms with Crippen LogP contribution in [-0.4, -0.2) is 24.7 Å². The van der Waals surface area contributed by atoms with Crippen LogP contribution < -0.4 is 10.5 Å². The van der Waals surface area contributed by atoms with E-state index < -0.39 is 10.0 Å². The van der Waals surface area contributed by atoms with Gasteiger partial charge in [0.05, 0.1) is 0 Å². The van der Waals surface area contributed by atoms with Crippen LogP contribution in [0, 0.1) is 5.41 Å². The van der Waals surface area contributed by atoms with Crippen molar-refractivity contribution in [1.29, 1.82) is 0 Å². The second-order valence-electron chi connectivity index (χ2n) is 5.48. The van der Waals surface area contributed by atoms with Crippen LogP contribution in [-0.2, 0) is 16.6 Å². The quantitative estimate of drug-likeness (QED) is 0.797. The predicted molar refractivity (Wildman–Crippen MR) is 76.2 cm³/mol. The van der Waals surface area contributed by atoms with Crippen molar-refractivity contribution < 1.29 is 8.42 Å². The number of rotatable bonds is 7. The molecule has 0 unspecified atom stereocenters. The molecular weight excluding hydrogens is 264 g/mol. The third-order valence-corrected chi connectivity index (χ3v) is 4.61. The molecule has 1 rings (SSSR count). The topological polar surface area (TPSA) is 90.0 Å². The van der Waals surface area contributed by atoms with Crippen molar-refractivity contribution in [3.63, 3.8) is 0 Å². The molecule has 0 saturated carbocycles. The zero-order chi connectivity index (χ0) is 14.7. The standard InChI is InChI=1S/C12H24N4O2S/c1-5-7-16-8-10(11(13)15-16)19(17,18)14-9-12(3,4)6-2/h8,14H,5-7,9H2,1-4H3,(H2,13,15). The molecule has 0 saturated heterocycles. The normalized spacial score (nSPS) is 12.8. The van der Waals surface area contributed by atoms with Gasteiger partial charge in [0, 0.05) is 19.3 Å². The number of sulfonamides is 1. The minimum Gasteiger partial charge on any atom is -0.381 e. The number of nitrogens with zero attached hydrogens (tertiary/aromatic N) is 2. The molecule has 0 fully saturated rings. The monoisotopic (exact) mass is 288 g/mol. The molecule has 1 heterocycles. The van der Waals surface area contributed by atoms with Gasteiger partial charge in [-0.2, -0.15) is 5.10 Å². The minimum absolute atomic E-state index is 0.0512. The lowest BCUT2D eigenvalue weighted by Gasteiger charge is -2.22. The van der Waals surface area contributed by atoms with E-state index in [1.807, 2.05) is 27.7 Å². The van der Waals surface area contributed by atoms with Crippen LogP contribution in [0.5, 0.6) is 0 Å². The molecule has 0 spiro atoms. The van der Waals surface area contributed by atoms with E-state index in [-0.39, 0.29) is 16.1 Å². The Balaban J connectivity index is 2.88. The molecule has 0 aromatic carbocycles. The second kappa shape index (κ2) is 5.92. The number of anilines is 1. The average molecular weight is 288 g/mol. The Labute approximate surface area is 115 Å². The first-order valence-corrected chi connectivity index (χ1v) is 8.03. The maximum atomic E-state index is 12.2. The van der Waals surface area contributed by atoms with Gasteiger partial charge in [-0.25, -0.2) is 13.1 Å². The molecule has 7 heteroatoms. The lowest BCUT2D eigenvalue weighted by molar-refractivity contribution is 0.350. The molecule has 0 aliphatic carbocycles. The number of nitrogens with one attached hydrogen (secondary N) is 1. The number of nitrogen functional groups attached to an aromatic ring is 1. The molecule has 1 aromatic rings. The molecular formula is C12H24N4O2S. The molecule has 0 radical (unpaired) electrons. The SMILES string of the molecule is CCCn1cc(S(=O)(=O)NCC(C)(C)CC)c(N)n1. The van der Waals surface area contributed by atoms with E-state index in [0.29, 0.717) is 13.1 Å². The molecule has 6 nitrogen and oxygen atoms in total. The van der Waals surface area contributed by atoms with Crippen molar-refractivity contribution in [2.75, 3.05) is 12.3 Å². The first-order valence-electron chi connectivity index (χ1n) is 6.54. The van der Waals surface area contributed by atoms with E-state index >= 15 is 0 Å². The molecule has 3 N–H and O–H groups in total. The van der Waals surface area contributed by atoms with Crippen LogP contribution in [0.1, 0.15) is 40.5 Å². The zero-order valence-corrected chi connectivity index (χ0v) is 12.9. The summed E-state index contributed by atoms with van der Waals surface area (Å²) >= 11 is 0. The van der Waals surface area contributed by atoms with Gasteiger partial charge in [0.25, 0.3) is 0 Å². The summed E-state index contributed by atoms with van der Waals surface area (Å²) in [5.41, 5.74) is 5.60. The van der Waals surface area contributed by atoms with E-state index in [4.69, 9.17) is 5.73 Å². The van der Waals surface area contributed by atoms with Gasteiger partial charge in [0.15, 0.2) is 5.82 Å². The van der Waals surface area contributed by atoms with Crippen LogP contribution >= 0.6 is 0 Å². The first-order chi connectivity index (χ1) is 8.72. The maximum absolute atomic E-state index is 12.2. The van der Waals surface area contributed by atoms with Crippen molar-refractivity contribution in [3.8, 4) is 0 Å². The van der Waals surface area contributed by atoms with E-state index in [9.17, 15) is 8.42 Å². The Morgan fingerprint density at radius 2 is 2.05 bits per heavy atom. The maximum Gasteiger partial charge on any atom is 0.245 e. The fourth-order valence-corrected chi connectivity index (χ4v) is 2.77. The van der Waals surface area contributed by atoms with Crippen molar-refractivity contribution >= 4 is 15.8 Å². The highest BCUT2D eigenvalue weighted by Crippen LogP contribution is 2.21. The van der Waals surface area contributed by atoms with Gasteiger partial charge in [0.2, 0.25) is 10.0 Å². The molecule has 110 valence electrons. The van der Waals surface area contributed by atoms with Gasteiger partial charge < -0.3 is 5.73 Å². The van der Waals surface area contributed by atoms with Gasteiger partial charge >= 0.3 is 0 Å². The molecule has 0 aliphatic rings. The number of hydrogen-bond acceptors (Lipinski definition) is 4. The van der Waals surface area contributed by atoms with Crippen LogP contribution in [0.15, 0.2) is 11.1 Å². The highest BCUT2D eigenvalue weighted by atomic mass is 32.2. The summed E-state index contributed by atoms with van der Waals surface area (Å²) < 4.78 is 28.5. The summed E-state index contributed by atoms with van der Waals surface area (Å²) in [5.74, 6) is 0.0512. The highest BCUT2D eigenvalue weighted by Gasteiger charge is 2.24. The van der Waals surface area contributed by atoms with Gasteiger partial charge in [-0.1, -0.05) is 27.7 Å². The number of aryl methyl sites for hydroxylation is 1. The second-order valence-corrected chi connectivity index (χ2v) is 7.22. The molecule has 1 aromatic heterocycles. The molecule has 0 bridgehead atoms. The van der Waals surface area contributed by atoms with Crippen LogP contribution in [0.2, 0.25) is 0 Å². The minimum atomic E-state index is -3.59. The number of aromatic nitrogens is 2. The summed E-state index contributed by atoms with van der Waals surface area (Å²) in [4.78, 5) is 0.0628. The molecule has 0 aliphatic heterocycles. The first kappa shape index (κ1) is 16.0. The predicted octanol–water partition coefficient (Wildman–Crippen LogP) is 1.59. The Bertz CT molecular complexity index is 520. The number of hydrogen-bond donors (Lipinski definition) is 2. The zero-order valence-electron chi connectivity index (χ0n) is 12.1. The highest BCUT2D eigenvalue weighted by molar-refractivity contribution is 7.89. The van der Waals surface area contributed by atoms with E-state index in [2.05, 4.69) is 9.82 Å². The Hall–Kier alpha value is -1.08. The van der Waals surface area contributed by atoms with Gasteiger partial charge in [-0.05, 0) is 18.3 Å². The summed E-state index contributed by atoms with van der Waals surface area (Å²) in [5, 5.41) is 4.01. The fourth-order valence-electron chi connectivity index (χ4n) is 1.46. The van der Waals surface area contributed by atoms with E-state index in [1.54, 1.807) is 4.68 Å². The fraction of sp³-hybridized carbons (Fsp3) is 0.750. The molecule has 19 heavy (non-hydrogen) atoms. The third-order valence-electron chi connectivity index (χ3n) is 3.19. The van der Waals surface area contributed by atoms with Crippen molar-refractivity contribution in [1.82, 2.24) is 14.5 Å². The van der Waals surface area contributed by atoms with Gasteiger partial charge in [0.1, 0.15) is 4.90 Å². The Kier molecular flexibility index (Phi) is 4.98. The largest absolute Gasteiger partial charge is 0.381 e. The summed E-state index contributed by atoms with van der Waals surface area (Å²) in [7, 11) is -3.59.